The summed E-state index contributed by atoms with van der Waals surface area (Å²) in [6.07, 6.45) is -4.30. The standard InChI is InChI=1S/C18H16F3N5O2/c1-28-14-7-2-4-11(8-14)9-15(16-23-25-26-24-16)17(27)22-13-6-3-5-12(10-13)18(19,20)21/h2-8,10,15H,9H2,1H3,(H,22,27)(H,23,24,25,26)/t15-/m0/s1. The lowest BCUT2D eigenvalue weighted by Crippen LogP contribution is -2.24. The fourth-order valence-electron chi connectivity index (χ4n) is 2.66. The number of tetrazole rings is 1. The van der Waals surface area contributed by atoms with Crippen molar-refractivity contribution in [1.29, 1.82) is 0 Å². The number of rotatable bonds is 6. The lowest BCUT2D eigenvalue weighted by Gasteiger charge is -2.15. The van der Waals surface area contributed by atoms with Crippen molar-refractivity contribution in [2.24, 2.45) is 0 Å². The highest BCUT2D eigenvalue weighted by Gasteiger charge is 2.31. The van der Waals surface area contributed by atoms with Gasteiger partial charge in [-0.15, -0.1) is 10.2 Å². The average Bonchev–Trinajstić information content (AvgIpc) is 3.20. The molecule has 0 fully saturated rings. The normalized spacial score (nSPS) is 12.4. The summed E-state index contributed by atoms with van der Waals surface area (Å²) in [5.74, 6) is -0.668. The summed E-state index contributed by atoms with van der Waals surface area (Å²) in [5, 5.41) is 16.0. The van der Waals surface area contributed by atoms with E-state index < -0.39 is 23.6 Å². The quantitative estimate of drug-likeness (QED) is 0.673. The van der Waals surface area contributed by atoms with Crippen LogP contribution in [-0.2, 0) is 17.4 Å². The van der Waals surface area contributed by atoms with Crippen LogP contribution >= 0.6 is 0 Å². The minimum absolute atomic E-state index is 0.0268. The van der Waals surface area contributed by atoms with Crippen molar-refractivity contribution in [3.8, 4) is 5.75 Å². The van der Waals surface area contributed by atoms with Gasteiger partial charge in [0.2, 0.25) is 5.91 Å². The number of amides is 1. The number of halogens is 3. The number of aromatic nitrogens is 4. The molecule has 0 aliphatic heterocycles. The zero-order valence-corrected chi connectivity index (χ0v) is 14.7. The SMILES string of the molecule is COc1cccc(C[C@H](C(=O)Nc2cccc(C(F)(F)F)c2)c2nn[nH]n2)c1. The van der Waals surface area contributed by atoms with Gasteiger partial charge in [-0.25, -0.2) is 0 Å². The van der Waals surface area contributed by atoms with Crippen LogP contribution in [0.3, 0.4) is 0 Å². The van der Waals surface area contributed by atoms with Crippen molar-refractivity contribution in [3.63, 3.8) is 0 Å². The zero-order chi connectivity index (χ0) is 20.1. The molecule has 146 valence electrons. The van der Waals surface area contributed by atoms with Crippen LogP contribution in [0, 0.1) is 0 Å². The van der Waals surface area contributed by atoms with E-state index >= 15 is 0 Å². The number of aromatic amines is 1. The Morgan fingerprint density at radius 1 is 1.21 bits per heavy atom. The van der Waals surface area contributed by atoms with Gasteiger partial charge < -0.3 is 10.1 Å². The molecule has 0 aliphatic rings. The second-order valence-corrected chi connectivity index (χ2v) is 5.95. The van der Waals surface area contributed by atoms with Gasteiger partial charge in [-0.05, 0) is 42.3 Å². The number of nitrogens with one attached hydrogen (secondary N) is 2. The molecule has 1 atom stereocenters. The molecule has 2 aromatic carbocycles. The van der Waals surface area contributed by atoms with Crippen LogP contribution in [0.5, 0.6) is 5.75 Å². The molecular formula is C18H16F3N5O2. The third-order valence-electron chi connectivity index (χ3n) is 4.02. The Kier molecular flexibility index (Phi) is 5.57. The van der Waals surface area contributed by atoms with Gasteiger partial charge in [-0.1, -0.05) is 23.4 Å². The van der Waals surface area contributed by atoms with Crippen molar-refractivity contribution in [2.45, 2.75) is 18.5 Å². The van der Waals surface area contributed by atoms with E-state index in [9.17, 15) is 18.0 Å². The number of hydrogen-bond acceptors (Lipinski definition) is 5. The number of carbonyl (C=O) groups is 1. The number of anilines is 1. The largest absolute Gasteiger partial charge is 0.497 e. The monoisotopic (exact) mass is 391 g/mol. The number of methoxy groups -OCH3 is 1. The molecule has 1 amide bonds. The summed E-state index contributed by atoms with van der Waals surface area (Å²) >= 11 is 0. The number of carbonyl (C=O) groups excluding carboxylic acids is 1. The first-order valence-corrected chi connectivity index (χ1v) is 8.21. The van der Waals surface area contributed by atoms with Crippen LogP contribution < -0.4 is 10.1 Å². The maximum absolute atomic E-state index is 12.9. The highest BCUT2D eigenvalue weighted by atomic mass is 19.4. The number of nitrogens with zero attached hydrogens (tertiary/aromatic N) is 3. The first kappa shape index (κ1) is 19.3. The van der Waals surface area contributed by atoms with E-state index in [0.717, 1.165) is 17.7 Å². The minimum atomic E-state index is -4.51. The van der Waals surface area contributed by atoms with Crippen molar-refractivity contribution in [3.05, 3.63) is 65.5 Å². The number of ether oxygens (including phenoxy) is 1. The fraction of sp³-hybridized carbons (Fsp3) is 0.222. The smallest absolute Gasteiger partial charge is 0.416 e. The van der Waals surface area contributed by atoms with Crippen LogP contribution in [0.2, 0.25) is 0 Å². The van der Waals surface area contributed by atoms with E-state index in [2.05, 4.69) is 25.9 Å². The van der Waals surface area contributed by atoms with Gasteiger partial charge in [0.15, 0.2) is 5.82 Å². The van der Waals surface area contributed by atoms with Gasteiger partial charge in [-0.3, -0.25) is 4.79 Å². The molecule has 1 heterocycles. The molecule has 0 aliphatic carbocycles. The number of benzene rings is 2. The molecule has 3 aromatic rings. The maximum Gasteiger partial charge on any atom is 0.416 e. The van der Waals surface area contributed by atoms with Crippen molar-refractivity contribution in [1.82, 2.24) is 20.6 Å². The minimum Gasteiger partial charge on any atom is -0.497 e. The summed E-state index contributed by atoms with van der Waals surface area (Å²) in [6.45, 7) is 0. The first-order valence-electron chi connectivity index (χ1n) is 8.21. The number of H-pyrrole nitrogens is 1. The molecule has 0 saturated carbocycles. The van der Waals surface area contributed by atoms with Crippen molar-refractivity contribution >= 4 is 11.6 Å². The summed E-state index contributed by atoms with van der Waals surface area (Å²) in [5.41, 5.74) is -0.0542. The van der Waals surface area contributed by atoms with Gasteiger partial charge in [-0.2, -0.15) is 18.4 Å². The number of hydrogen-bond donors (Lipinski definition) is 2. The van der Waals surface area contributed by atoms with E-state index in [1.807, 2.05) is 0 Å². The van der Waals surface area contributed by atoms with E-state index in [1.165, 1.54) is 19.2 Å². The summed E-state index contributed by atoms with van der Waals surface area (Å²) in [6, 6.07) is 11.5. The Morgan fingerprint density at radius 2 is 2.00 bits per heavy atom. The highest BCUT2D eigenvalue weighted by molar-refractivity contribution is 5.95. The second-order valence-electron chi connectivity index (χ2n) is 5.95. The lowest BCUT2D eigenvalue weighted by atomic mass is 9.97. The third kappa shape index (κ3) is 4.64. The van der Waals surface area contributed by atoms with Gasteiger partial charge in [0.1, 0.15) is 11.7 Å². The van der Waals surface area contributed by atoms with E-state index in [-0.39, 0.29) is 17.9 Å². The Morgan fingerprint density at radius 3 is 2.68 bits per heavy atom. The van der Waals surface area contributed by atoms with Crippen molar-refractivity contribution in [2.75, 3.05) is 12.4 Å². The van der Waals surface area contributed by atoms with Crippen LogP contribution in [0.1, 0.15) is 22.9 Å². The molecule has 0 saturated heterocycles. The molecule has 1 aromatic heterocycles. The third-order valence-corrected chi connectivity index (χ3v) is 4.02. The van der Waals surface area contributed by atoms with E-state index in [0.29, 0.717) is 5.75 Å². The molecule has 2 N–H and O–H groups in total. The molecule has 0 radical (unpaired) electrons. The molecule has 10 heteroatoms. The van der Waals surface area contributed by atoms with Crippen LogP contribution in [0.15, 0.2) is 48.5 Å². The molecule has 0 spiro atoms. The fourth-order valence-corrected chi connectivity index (χ4v) is 2.66. The second kappa shape index (κ2) is 8.07. The molecule has 0 bridgehead atoms. The highest BCUT2D eigenvalue weighted by Crippen LogP contribution is 2.31. The average molecular weight is 391 g/mol. The zero-order valence-electron chi connectivity index (χ0n) is 14.7. The molecule has 28 heavy (non-hydrogen) atoms. The predicted molar refractivity (Wildman–Crippen MR) is 93.7 cm³/mol. The summed E-state index contributed by atoms with van der Waals surface area (Å²) < 4.78 is 43.8. The maximum atomic E-state index is 12.9. The van der Waals surface area contributed by atoms with Gasteiger partial charge in [0.25, 0.3) is 0 Å². The molecular weight excluding hydrogens is 375 g/mol. The topological polar surface area (TPSA) is 92.8 Å². The summed E-state index contributed by atoms with van der Waals surface area (Å²) in [7, 11) is 1.52. The Balaban J connectivity index is 1.84. The van der Waals surface area contributed by atoms with Crippen LogP contribution in [0.4, 0.5) is 18.9 Å². The van der Waals surface area contributed by atoms with Gasteiger partial charge in [0, 0.05) is 5.69 Å². The molecule has 0 unspecified atom stereocenters. The van der Waals surface area contributed by atoms with Gasteiger partial charge in [0.05, 0.1) is 12.7 Å². The Labute approximate surface area is 157 Å². The first-order chi connectivity index (χ1) is 13.4. The molecule has 7 nitrogen and oxygen atoms in total. The number of alkyl halides is 3. The summed E-state index contributed by atoms with van der Waals surface area (Å²) in [4.78, 5) is 12.8. The molecule has 3 rings (SSSR count). The predicted octanol–water partition coefficient (Wildman–Crippen LogP) is 3.19. The van der Waals surface area contributed by atoms with Crippen LogP contribution in [-0.4, -0.2) is 33.6 Å². The Bertz CT molecular complexity index is 944. The van der Waals surface area contributed by atoms with Crippen LogP contribution in [0.25, 0.3) is 0 Å². The van der Waals surface area contributed by atoms with E-state index in [1.54, 1.807) is 24.3 Å². The Hall–Kier alpha value is -3.43. The lowest BCUT2D eigenvalue weighted by molar-refractivity contribution is -0.137. The van der Waals surface area contributed by atoms with Crippen molar-refractivity contribution < 1.29 is 22.7 Å². The van der Waals surface area contributed by atoms with Gasteiger partial charge >= 0.3 is 6.18 Å². The van der Waals surface area contributed by atoms with E-state index in [4.69, 9.17) is 4.74 Å².